The number of Topliss-reactive ketones (excluding diaryl/α,β-unsaturated/α-hetero) is 1. The van der Waals surface area contributed by atoms with Crippen molar-refractivity contribution in [3.8, 4) is 0 Å². The summed E-state index contributed by atoms with van der Waals surface area (Å²) < 4.78 is 48.8. The minimum absolute atomic E-state index is 0.108. The van der Waals surface area contributed by atoms with E-state index in [1.165, 1.54) is 19.9 Å². The van der Waals surface area contributed by atoms with Crippen molar-refractivity contribution in [1.82, 2.24) is 0 Å². The molecule has 0 aromatic heterocycles. The summed E-state index contributed by atoms with van der Waals surface area (Å²) in [6.45, 7) is 0.594. The van der Waals surface area contributed by atoms with Gasteiger partial charge in [0.1, 0.15) is 11.9 Å². The number of carbonyl (C=O) groups is 4. The number of rotatable bonds is 15. The molecule has 2 N–H and O–H groups in total. The standard InChI is InChI=1S/C30H38F2N2O15/c1-27-8-7-17(35)12-20(27)21(31)13-19-18-14-22(36)30(28(18,2)15-23(37)29(19,27)32,49-25(39)6-5-11-48-34(43)44)24(38)16-46-26(40)45-9-3-4-10-47-33(41)42/h7-8,18-19,22-23,36-37H,3-6,9-16H2,1-2H3/t18?,19?,22-,23+,27+,28+,29+,30+/m1/s1. The van der Waals surface area contributed by atoms with E-state index < -0.39 is 131 Å². The summed E-state index contributed by atoms with van der Waals surface area (Å²) in [5, 5.41) is 41.8. The molecular weight excluding hydrogens is 666 g/mol. The normalized spacial score (nSPS) is 34.6. The highest BCUT2D eigenvalue weighted by Gasteiger charge is 2.78. The quantitative estimate of drug-likeness (QED) is 0.108. The van der Waals surface area contributed by atoms with Crippen LogP contribution in [0.25, 0.3) is 0 Å². The lowest BCUT2D eigenvalue weighted by Gasteiger charge is -2.62. The number of allylic oxidation sites excluding steroid dienone is 4. The van der Waals surface area contributed by atoms with Gasteiger partial charge in [0.25, 0.3) is 10.2 Å². The molecule has 0 heterocycles. The first-order valence-corrected chi connectivity index (χ1v) is 15.7. The van der Waals surface area contributed by atoms with E-state index in [4.69, 9.17) is 14.2 Å². The van der Waals surface area contributed by atoms with Gasteiger partial charge < -0.3 is 34.1 Å². The number of halogens is 2. The van der Waals surface area contributed by atoms with E-state index in [0.717, 1.165) is 6.08 Å². The molecule has 0 saturated heterocycles. The lowest BCUT2D eigenvalue weighted by molar-refractivity contribution is -0.757. The molecule has 4 aliphatic carbocycles. The molecule has 0 spiro atoms. The van der Waals surface area contributed by atoms with Crippen molar-refractivity contribution in [3.63, 3.8) is 0 Å². The number of ketones is 2. The van der Waals surface area contributed by atoms with Gasteiger partial charge in [-0.2, -0.15) is 0 Å². The molecule has 19 heteroatoms. The molecule has 0 bridgehead atoms. The van der Waals surface area contributed by atoms with Crippen LogP contribution in [0.1, 0.15) is 65.2 Å². The van der Waals surface area contributed by atoms with Crippen LogP contribution in [0.2, 0.25) is 0 Å². The highest BCUT2D eigenvalue weighted by Crippen LogP contribution is 2.70. The molecular formula is C30H38F2N2O15. The van der Waals surface area contributed by atoms with Gasteiger partial charge >= 0.3 is 12.1 Å². The third-order valence-electron chi connectivity index (χ3n) is 10.5. The Hall–Kier alpha value is -4.26. The number of ether oxygens (including phenoxy) is 3. The fraction of sp³-hybridized carbons (Fsp3) is 0.733. The molecule has 0 aliphatic heterocycles. The van der Waals surface area contributed by atoms with Crippen molar-refractivity contribution < 1.29 is 72.2 Å². The molecule has 8 atom stereocenters. The van der Waals surface area contributed by atoms with Gasteiger partial charge in [-0.15, -0.1) is 20.2 Å². The average Bonchev–Trinajstić information content (AvgIpc) is 3.24. The van der Waals surface area contributed by atoms with Crippen LogP contribution in [0.4, 0.5) is 13.6 Å². The maximum absolute atomic E-state index is 17.6. The summed E-state index contributed by atoms with van der Waals surface area (Å²) in [6.07, 6.45) is -5.26. The highest BCUT2D eigenvalue weighted by atomic mass is 19.1. The van der Waals surface area contributed by atoms with Crippen molar-refractivity contribution in [1.29, 1.82) is 0 Å². The van der Waals surface area contributed by atoms with E-state index in [1.807, 2.05) is 0 Å². The molecule has 17 nitrogen and oxygen atoms in total. The summed E-state index contributed by atoms with van der Waals surface area (Å²) >= 11 is 0. The summed E-state index contributed by atoms with van der Waals surface area (Å²) in [4.78, 5) is 80.6. The Bertz CT molecular complexity index is 1440. The Balaban J connectivity index is 1.61. The van der Waals surface area contributed by atoms with E-state index in [-0.39, 0.29) is 38.0 Å². The third-order valence-corrected chi connectivity index (χ3v) is 10.5. The summed E-state index contributed by atoms with van der Waals surface area (Å²) in [5.41, 5.74) is -8.79. The zero-order valence-corrected chi connectivity index (χ0v) is 26.8. The van der Waals surface area contributed by atoms with E-state index in [9.17, 15) is 49.6 Å². The van der Waals surface area contributed by atoms with Crippen LogP contribution < -0.4 is 0 Å². The van der Waals surface area contributed by atoms with E-state index >= 15 is 8.78 Å². The lowest BCUT2D eigenvalue weighted by atomic mass is 9.45. The number of aliphatic hydroxyl groups is 2. The van der Waals surface area contributed by atoms with Gasteiger partial charge in [-0.1, -0.05) is 13.0 Å². The largest absolute Gasteiger partial charge is 0.508 e. The Kier molecular flexibility index (Phi) is 11.0. The predicted octanol–water partition coefficient (Wildman–Crippen LogP) is 2.61. The number of unbranched alkanes of at least 4 members (excludes halogenated alkanes) is 1. The van der Waals surface area contributed by atoms with E-state index in [1.54, 1.807) is 0 Å². The molecule has 0 radical (unpaired) electrons. The van der Waals surface area contributed by atoms with E-state index in [2.05, 4.69) is 9.68 Å². The molecule has 0 amide bonds. The lowest BCUT2D eigenvalue weighted by Crippen LogP contribution is -2.70. The summed E-state index contributed by atoms with van der Waals surface area (Å²) in [7, 11) is 0. The molecule has 2 fully saturated rings. The van der Waals surface area contributed by atoms with Crippen LogP contribution in [0.5, 0.6) is 0 Å². The fourth-order valence-corrected chi connectivity index (χ4v) is 8.28. The van der Waals surface area contributed by atoms with Gasteiger partial charge in [0.2, 0.25) is 11.4 Å². The molecule has 0 aromatic rings. The maximum atomic E-state index is 17.6. The Morgan fingerprint density at radius 3 is 2.27 bits per heavy atom. The van der Waals surface area contributed by atoms with Gasteiger partial charge in [0.05, 0.1) is 25.9 Å². The molecule has 2 saturated carbocycles. The fourth-order valence-electron chi connectivity index (χ4n) is 8.28. The number of carbonyl (C=O) groups excluding carboxylic acids is 4. The monoisotopic (exact) mass is 704 g/mol. The molecule has 0 aromatic carbocycles. The van der Waals surface area contributed by atoms with Crippen LogP contribution in [0.15, 0.2) is 23.6 Å². The van der Waals surface area contributed by atoms with Crippen LogP contribution in [0, 0.1) is 42.9 Å². The summed E-state index contributed by atoms with van der Waals surface area (Å²) in [6, 6.07) is 0. The molecule has 49 heavy (non-hydrogen) atoms. The van der Waals surface area contributed by atoms with Crippen LogP contribution in [-0.4, -0.2) is 94.0 Å². The van der Waals surface area contributed by atoms with Crippen LogP contribution in [0.3, 0.4) is 0 Å². The number of hydrogen-bond acceptors (Lipinski definition) is 15. The molecule has 2 unspecified atom stereocenters. The molecule has 4 rings (SSSR count). The maximum Gasteiger partial charge on any atom is 0.508 e. The zero-order chi connectivity index (χ0) is 36.4. The second-order valence-electron chi connectivity index (χ2n) is 13.1. The smallest absolute Gasteiger partial charge is 0.447 e. The number of esters is 1. The minimum Gasteiger partial charge on any atom is -0.447 e. The minimum atomic E-state index is -2.58. The van der Waals surface area contributed by atoms with Crippen LogP contribution in [-0.2, 0) is 38.3 Å². The van der Waals surface area contributed by atoms with Crippen molar-refractivity contribution >= 4 is 23.7 Å². The Morgan fingerprint density at radius 2 is 1.61 bits per heavy atom. The number of nitrogens with zero attached hydrogens (tertiary/aromatic N) is 2. The van der Waals surface area contributed by atoms with E-state index in [0.29, 0.717) is 0 Å². The van der Waals surface area contributed by atoms with Crippen molar-refractivity contribution in [2.45, 2.75) is 88.7 Å². The summed E-state index contributed by atoms with van der Waals surface area (Å²) in [5.74, 6) is -5.98. The first-order chi connectivity index (χ1) is 22.9. The van der Waals surface area contributed by atoms with Crippen molar-refractivity contribution in [2.75, 3.05) is 26.4 Å². The number of aliphatic hydroxyl groups excluding tert-OH is 2. The van der Waals surface area contributed by atoms with Gasteiger partial charge in [0, 0.05) is 36.0 Å². The first-order valence-electron chi connectivity index (χ1n) is 15.7. The van der Waals surface area contributed by atoms with Gasteiger partial charge in [-0.25, -0.2) is 13.6 Å². The molecule has 272 valence electrons. The highest BCUT2D eigenvalue weighted by molar-refractivity contribution is 5.94. The van der Waals surface area contributed by atoms with Crippen LogP contribution >= 0.6 is 0 Å². The predicted molar refractivity (Wildman–Crippen MR) is 155 cm³/mol. The zero-order valence-electron chi connectivity index (χ0n) is 26.8. The van der Waals surface area contributed by atoms with Gasteiger partial charge in [-0.05, 0) is 56.6 Å². The van der Waals surface area contributed by atoms with Crippen molar-refractivity contribution in [2.24, 2.45) is 22.7 Å². The van der Waals surface area contributed by atoms with Gasteiger partial charge in [-0.3, -0.25) is 14.4 Å². The third kappa shape index (κ3) is 6.69. The Morgan fingerprint density at radius 1 is 0.980 bits per heavy atom. The molecule has 4 aliphatic rings. The number of alkyl halides is 1. The average molecular weight is 705 g/mol. The topological polar surface area (TPSA) is 241 Å². The number of hydrogen-bond donors (Lipinski definition) is 2. The van der Waals surface area contributed by atoms with Crippen molar-refractivity contribution in [3.05, 3.63) is 43.8 Å². The first kappa shape index (κ1) is 37.6. The second kappa shape index (κ2) is 14.3. The number of fused-ring (bicyclic) bond motifs is 5. The van der Waals surface area contributed by atoms with Gasteiger partial charge in [0.15, 0.2) is 18.1 Å². The Labute approximate surface area is 277 Å². The SMILES string of the molecule is C[C@]12C=CC(=O)CC1=C(F)CC1C3C[C@@H](O)[C@](OC(=O)CCCO[N+](=O)[O-])(C(=O)COC(=O)OCCCCO[N+](=O)[O-])[C@@]3(C)C[C@H](O)[C@@]12F. The second-order valence-corrected chi connectivity index (χ2v) is 13.1.